The van der Waals surface area contributed by atoms with Gasteiger partial charge in [-0.25, -0.2) is 0 Å². The number of hydrogen-bond donors (Lipinski definition) is 2. The van der Waals surface area contributed by atoms with E-state index in [1.165, 1.54) is 19.3 Å². The molecule has 94 valence electrons. The van der Waals surface area contributed by atoms with Gasteiger partial charge in [0.15, 0.2) is 0 Å². The lowest BCUT2D eigenvalue weighted by Gasteiger charge is -2.02. The molecule has 0 bridgehead atoms. The molecule has 1 unspecified atom stereocenters. The Kier molecular flexibility index (Phi) is 2.58. The van der Waals surface area contributed by atoms with Crippen molar-refractivity contribution in [3.63, 3.8) is 0 Å². The first-order valence-corrected chi connectivity index (χ1v) is 6.43. The highest BCUT2D eigenvalue weighted by molar-refractivity contribution is 5.19. The van der Waals surface area contributed by atoms with Crippen molar-refractivity contribution in [2.75, 3.05) is 11.9 Å². The lowest BCUT2D eigenvalue weighted by molar-refractivity contribution is 0.473. The largest absolute Gasteiger partial charge is 0.407 e. The summed E-state index contributed by atoms with van der Waals surface area (Å²) in [6.07, 6.45) is 3.83. The normalized spacial score (nSPS) is 25.9. The van der Waals surface area contributed by atoms with E-state index in [1.54, 1.807) is 0 Å². The Morgan fingerprint density at radius 2 is 2.12 bits per heavy atom. The van der Waals surface area contributed by atoms with Crippen molar-refractivity contribution < 1.29 is 4.42 Å². The number of rotatable bonds is 6. The molecule has 2 N–H and O–H groups in total. The van der Waals surface area contributed by atoms with Crippen molar-refractivity contribution in [2.45, 2.75) is 45.7 Å². The Bertz CT molecular complexity index is 397. The van der Waals surface area contributed by atoms with Crippen LogP contribution in [0.3, 0.4) is 0 Å². The summed E-state index contributed by atoms with van der Waals surface area (Å²) < 4.78 is 5.51. The van der Waals surface area contributed by atoms with E-state index in [1.807, 2.05) is 0 Å². The minimum Gasteiger partial charge on any atom is -0.407 e. The van der Waals surface area contributed by atoms with Gasteiger partial charge in [-0.15, -0.1) is 5.10 Å². The van der Waals surface area contributed by atoms with Crippen LogP contribution in [0.2, 0.25) is 0 Å². The second-order valence-corrected chi connectivity index (χ2v) is 5.93. The predicted molar refractivity (Wildman–Crippen MR) is 64.5 cm³/mol. The van der Waals surface area contributed by atoms with Gasteiger partial charge in [-0.2, -0.15) is 0 Å². The van der Waals surface area contributed by atoms with E-state index in [0.717, 1.165) is 12.5 Å². The third kappa shape index (κ3) is 2.77. The average molecular weight is 236 g/mol. The number of anilines is 1. The molecule has 1 aromatic heterocycles. The minimum atomic E-state index is 0.489. The van der Waals surface area contributed by atoms with Crippen LogP contribution in [0.4, 0.5) is 6.01 Å². The first kappa shape index (κ1) is 11.0. The first-order valence-electron chi connectivity index (χ1n) is 6.43. The summed E-state index contributed by atoms with van der Waals surface area (Å²) in [5.41, 5.74) is 0.489. The monoisotopic (exact) mass is 236 g/mol. The van der Waals surface area contributed by atoms with Crippen LogP contribution in [0.1, 0.15) is 39.0 Å². The van der Waals surface area contributed by atoms with Crippen molar-refractivity contribution >= 4 is 6.01 Å². The lowest BCUT2D eigenvalue weighted by atomic mass is 10.1. The topological polar surface area (TPSA) is 63.0 Å². The van der Waals surface area contributed by atoms with Gasteiger partial charge in [0.25, 0.3) is 0 Å². The average Bonchev–Trinajstić information content (AvgIpc) is 3.16. The van der Waals surface area contributed by atoms with E-state index >= 15 is 0 Å². The van der Waals surface area contributed by atoms with Crippen molar-refractivity contribution in [3.05, 3.63) is 5.89 Å². The molecule has 2 aliphatic carbocycles. The molecule has 1 atom stereocenters. The van der Waals surface area contributed by atoms with E-state index in [0.29, 0.717) is 29.9 Å². The maximum Gasteiger partial charge on any atom is 0.315 e. The van der Waals surface area contributed by atoms with Crippen LogP contribution in [-0.2, 0) is 6.54 Å². The van der Waals surface area contributed by atoms with Gasteiger partial charge in [-0.1, -0.05) is 18.9 Å². The molecule has 0 saturated heterocycles. The van der Waals surface area contributed by atoms with E-state index < -0.39 is 0 Å². The predicted octanol–water partition coefficient (Wildman–Crippen LogP) is 1.78. The third-order valence-corrected chi connectivity index (χ3v) is 3.80. The van der Waals surface area contributed by atoms with Gasteiger partial charge in [0, 0.05) is 12.6 Å². The summed E-state index contributed by atoms with van der Waals surface area (Å²) in [7, 11) is 0. The molecule has 2 aliphatic rings. The zero-order valence-electron chi connectivity index (χ0n) is 10.5. The first-order chi connectivity index (χ1) is 8.13. The molecule has 17 heavy (non-hydrogen) atoms. The van der Waals surface area contributed by atoms with Crippen molar-refractivity contribution in [1.82, 2.24) is 15.5 Å². The Morgan fingerprint density at radius 3 is 2.76 bits per heavy atom. The fraction of sp³-hybridized carbons (Fsp3) is 0.833. The number of hydrogen-bond acceptors (Lipinski definition) is 5. The van der Waals surface area contributed by atoms with Crippen LogP contribution < -0.4 is 10.6 Å². The SMILES string of the molecule is CC1(C)CC1CNc1nnc(CNC2CC2)o1. The highest BCUT2D eigenvalue weighted by Crippen LogP contribution is 2.51. The Hall–Kier alpha value is -1.10. The molecule has 5 nitrogen and oxygen atoms in total. The van der Waals surface area contributed by atoms with Crippen LogP contribution in [0.15, 0.2) is 4.42 Å². The fourth-order valence-electron chi connectivity index (χ4n) is 2.05. The molecule has 3 rings (SSSR count). The van der Waals surface area contributed by atoms with Gasteiger partial charge in [-0.3, -0.25) is 0 Å². The highest BCUT2D eigenvalue weighted by atomic mass is 16.4. The lowest BCUT2D eigenvalue weighted by Crippen LogP contribution is -2.15. The third-order valence-electron chi connectivity index (χ3n) is 3.80. The van der Waals surface area contributed by atoms with Crippen molar-refractivity contribution in [1.29, 1.82) is 0 Å². The summed E-state index contributed by atoms with van der Waals surface area (Å²) in [4.78, 5) is 0. The van der Waals surface area contributed by atoms with Crippen LogP contribution >= 0.6 is 0 Å². The van der Waals surface area contributed by atoms with Crippen LogP contribution in [-0.4, -0.2) is 22.8 Å². The van der Waals surface area contributed by atoms with Crippen LogP contribution in [0.5, 0.6) is 0 Å². The maximum atomic E-state index is 5.51. The number of aromatic nitrogens is 2. The molecule has 0 amide bonds. The van der Waals surface area contributed by atoms with Crippen LogP contribution in [0.25, 0.3) is 0 Å². The van der Waals surface area contributed by atoms with Gasteiger partial charge in [0.05, 0.1) is 6.54 Å². The van der Waals surface area contributed by atoms with E-state index in [9.17, 15) is 0 Å². The molecule has 2 fully saturated rings. The Labute approximate surface area is 101 Å². The second-order valence-electron chi connectivity index (χ2n) is 5.93. The molecule has 1 aromatic rings. The van der Waals surface area contributed by atoms with Gasteiger partial charge in [0.1, 0.15) is 0 Å². The smallest absolute Gasteiger partial charge is 0.315 e. The highest BCUT2D eigenvalue weighted by Gasteiger charge is 2.45. The molecular formula is C12H20N4O. The van der Waals surface area contributed by atoms with E-state index in [2.05, 4.69) is 34.7 Å². The summed E-state index contributed by atoms with van der Waals surface area (Å²) in [6.45, 7) is 6.20. The maximum absolute atomic E-state index is 5.51. The van der Waals surface area contributed by atoms with Crippen molar-refractivity contribution in [3.8, 4) is 0 Å². The molecule has 0 spiro atoms. The minimum absolute atomic E-state index is 0.489. The Balaban J connectivity index is 1.43. The van der Waals surface area contributed by atoms with Gasteiger partial charge < -0.3 is 15.1 Å². The Morgan fingerprint density at radius 1 is 1.35 bits per heavy atom. The molecular weight excluding hydrogens is 216 g/mol. The quantitative estimate of drug-likeness (QED) is 0.788. The van der Waals surface area contributed by atoms with Gasteiger partial charge >= 0.3 is 6.01 Å². The summed E-state index contributed by atoms with van der Waals surface area (Å²) in [6, 6.07) is 1.23. The molecule has 1 heterocycles. The second kappa shape index (κ2) is 3.98. The zero-order chi connectivity index (χ0) is 11.9. The van der Waals surface area contributed by atoms with Gasteiger partial charge in [0.2, 0.25) is 5.89 Å². The van der Waals surface area contributed by atoms with Crippen LogP contribution in [0, 0.1) is 11.3 Å². The molecule has 0 aliphatic heterocycles. The number of nitrogens with one attached hydrogen (secondary N) is 2. The molecule has 2 saturated carbocycles. The molecule has 5 heteroatoms. The standard InChI is InChI=1S/C12H20N4O/c1-12(2)5-8(12)6-14-11-16-15-10(17-11)7-13-9-3-4-9/h8-9,13H,3-7H2,1-2H3,(H,14,16). The zero-order valence-corrected chi connectivity index (χ0v) is 10.5. The summed E-state index contributed by atoms with van der Waals surface area (Å²) >= 11 is 0. The number of nitrogens with zero attached hydrogens (tertiary/aromatic N) is 2. The van der Waals surface area contributed by atoms with E-state index in [4.69, 9.17) is 4.42 Å². The van der Waals surface area contributed by atoms with Gasteiger partial charge in [-0.05, 0) is 30.6 Å². The molecule has 0 aromatic carbocycles. The summed E-state index contributed by atoms with van der Waals surface area (Å²) in [5, 5.41) is 14.6. The summed E-state index contributed by atoms with van der Waals surface area (Å²) in [5.74, 6) is 1.41. The van der Waals surface area contributed by atoms with Crippen molar-refractivity contribution in [2.24, 2.45) is 11.3 Å². The molecule has 0 radical (unpaired) electrons. The fourth-order valence-corrected chi connectivity index (χ4v) is 2.05. The van der Waals surface area contributed by atoms with E-state index in [-0.39, 0.29) is 0 Å².